The summed E-state index contributed by atoms with van der Waals surface area (Å²) in [5.41, 5.74) is 0.939. The number of likely N-dealkylation sites (tertiary alicyclic amines) is 1. The molecule has 2 aromatic carbocycles. The largest absolute Gasteiger partial charge is 0.350 e. The molecule has 164 valence electrons. The number of nitrogens with one attached hydrogen (secondary N) is 1. The van der Waals surface area contributed by atoms with Crippen LogP contribution in [-0.2, 0) is 16.0 Å². The number of hydrogen-bond donors (Lipinski definition) is 1. The van der Waals surface area contributed by atoms with E-state index in [2.05, 4.69) is 52.7 Å². The summed E-state index contributed by atoms with van der Waals surface area (Å²) in [7, 11) is 0. The number of carbonyl (C=O) groups excluding carboxylic acids is 2. The van der Waals surface area contributed by atoms with E-state index in [-0.39, 0.29) is 17.4 Å². The fourth-order valence-corrected chi connectivity index (χ4v) is 6.25. The molecule has 0 bridgehead atoms. The zero-order chi connectivity index (χ0) is 21.3. The van der Waals surface area contributed by atoms with Crippen LogP contribution in [0.2, 0.25) is 0 Å². The minimum absolute atomic E-state index is 0.122. The highest BCUT2D eigenvalue weighted by Gasteiger charge is 2.39. The quantitative estimate of drug-likeness (QED) is 0.755. The van der Waals surface area contributed by atoms with Gasteiger partial charge in [-0.1, -0.05) is 61.7 Å². The van der Waals surface area contributed by atoms with Gasteiger partial charge in [0.1, 0.15) is 0 Å². The first-order valence-electron chi connectivity index (χ1n) is 12.2. The van der Waals surface area contributed by atoms with Crippen LogP contribution >= 0.6 is 0 Å². The smallest absolute Gasteiger partial charge is 0.222 e. The van der Waals surface area contributed by atoms with Crippen LogP contribution in [0.3, 0.4) is 0 Å². The van der Waals surface area contributed by atoms with Gasteiger partial charge in [-0.25, -0.2) is 0 Å². The summed E-state index contributed by atoms with van der Waals surface area (Å²) in [6.45, 7) is 1.87. The van der Waals surface area contributed by atoms with Crippen molar-refractivity contribution in [3.05, 3.63) is 48.0 Å². The highest BCUT2D eigenvalue weighted by Crippen LogP contribution is 2.37. The second-order valence-electron chi connectivity index (χ2n) is 10.1. The predicted molar refractivity (Wildman–Crippen MR) is 124 cm³/mol. The van der Waals surface area contributed by atoms with Crippen molar-refractivity contribution in [3.8, 4) is 0 Å². The van der Waals surface area contributed by atoms with Gasteiger partial charge in [-0.05, 0) is 60.3 Å². The third-order valence-corrected chi connectivity index (χ3v) is 8.05. The molecule has 1 saturated carbocycles. The Kier molecular flexibility index (Phi) is 5.73. The summed E-state index contributed by atoms with van der Waals surface area (Å²) in [6, 6.07) is 14.9. The molecule has 1 unspecified atom stereocenters. The monoisotopic (exact) mass is 418 g/mol. The molecule has 4 heteroatoms. The lowest BCUT2D eigenvalue weighted by Crippen LogP contribution is -2.47. The number of nitrogens with zero attached hydrogens (tertiary/aromatic N) is 1. The average Bonchev–Trinajstić information content (AvgIpc) is 3.17. The topological polar surface area (TPSA) is 49.4 Å². The van der Waals surface area contributed by atoms with Crippen molar-refractivity contribution in [3.63, 3.8) is 0 Å². The number of benzene rings is 2. The predicted octanol–water partition coefficient (Wildman–Crippen LogP) is 4.85. The van der Waals surface area contributed by atoms with Crippen molar-refractivity contribution in [2.75, 3.05) is 13.1 Å². The van der Waals surface area contributed by atoms with Crippen molar-refractivity contribution in [2.24, 2.45) is 11.8 Å². The Morgan fingerprint density at radius 1 is 1.03 bits per heavy atom. The molecule has 2 amide bonds. The van der Waals surface area contributed by atoms with Crippen molar-refractivity contribution in [1.82, 2.24) is 10.2 Å². The fraction of sp³-hybridized carbons (Fsp3) is 0.556. The Balaban J connectivity index is 1.25. The third kappa shape index (κ3) is 4.49. The summed E-state index contributed by atoms with van der Waals surface area (Å²) in [6.07, 6.45) is 9.95. The molecular weight excluding hydrogens is 384 g/mol. The number of fused-ring (bicyclic) bond motifs is 2. The number of carbonyl (C=O) groups is 2. The van der Waals surface area contributed by atoms with Gasteiger partial charge < -0.3 is 10.2 Å². The maximum Gasteiger partial charge on any atom is 0.222 e. The zero-order valence-corrected chi connectivity index (χ0v) is 18.4. The summed E-state index contributed by atoms with van der Waals surface area (Å²) >= 11 is 0. The lowest BCUT2D eigenvalue weighted by Gasteiger charge is -2.41. The molecule has 1 aliphatic carbocycles. The Morgan fingerprint density at radius 3 is 2.65 bits per heavy atom. The highest BCUT2D eigenvalue weighted by molar-refractivity contribution is 5.83. The van der Waals surface area contributed by atoms with Crippen molar-refractivity contribution in [1.29, 1.82) is 0 Å². The van der Waals surface area contributed by atoms with Gasteiger partial charge in [0.05, 0.1) is 0 Å². The Morgan fingerprint density at radius 2 is 1.84 bits per heavy atom. The van der Waals surface area contributed by atoms with Crippen LogP contribution < -0.4 is 5.32 Å². The molecule has 0 radical (unpaired) electrons. The van der Waals surface area contributed by atoms with Gasteiger partial charge in [0, 0.05) is 31.5 Å². The molecule has 5 rings (SSSR count). The highest BCUT2D eigenvalue weighted by atomic mass is 16.2. The molecule has 1 N–H and O–H groups in total. The standard InChI is InChI=1S/C27H34N2O2/c30-25-11-14-27(28-25,18-20-9-10-21-5-1-3-7-23(21)17-20)15-12-26(31)29-16-13-22-6-2-4-8-24(22)19-29/h1,3,5,7,9-10,17,22,24H,2,4,6,8,11-16,18-19H2,(H,28,30)/t22-,24-,27?/m0/s1. The van der Waals surface area contributed by atoms with Gasteiger partial charge in [-0.3, -0.25) is 9.59 Å². The molecule has 3 fully saturated rings. The van der Waals surface area contributed by atoms with Crippen molar-refractivity contribution >= 4 is 22.6 Å². The molecule has 0 aromatic heterocycles. The normalized spacial score (nSPS) is 28.4. The SMILES string of the molecule is O=C1CCC(CCC(=O)N2CC[C@@H]3CCCC[C@H]3C2)(Cc2ccc3ccccc3c2)N1. The summed E-state index contributed by atoms with van der Waals surface area (Å²) < 4.78 is 0. The van der Waals surface area contributed by atoms with E-state index in [1.165, 1.54) is 48.4 Å². The summed E-state index contributed by atoms with van der Waals surface area (Å²) in [4.78, 5) is 27.4. The van der Waals surface area contributed by atoms with Crippen LogP contribution in [0.5, 0.6) is 0 Å². The van der Waals surface area contributed by atoms with Crippen molar-refractivity contribution in [2.45, 2.75) is 69.7 Å². The van der Waals surface area contributed by atoms with E-state index >= 15 is 0 Å². The van der Waals surface area contributed by atoms with Gasteiger partial charge in [0.25, 0.3) is 0 Å². The summed E-state index contributed by atoms with van der Waals surface area (Å²) in [5, 5.41) is 5.72. The van der Waals surface area contributed by atoms with E-state index in [4.69, 9.17) is 0 Å². The van der Waals surface area contributed by atoms with Gasteiger partial charge in [0.15, 0.2) is 0 Å². The molecule has 3 atom stereocenters. The van der Waals surface area contributed by atoms with Crippen molar-refractivity contribution < 1.29 is 9.59 Å². The molecular formula is C27H34N2O2. The van der Waals surface area contributed by atoms with Gasteiger partial charge in [0.2, 0.25) is 11.8 Å². The van der Waals surface area contributed by atoms with E-state index in [1.807, 2.05) is 0 Å². The van der Waals surface area contributed by atoms with Crippen LogP contribution in [0.15, 0.2) is 42.5 Å². The lowest BCUT2D eigenvalue weighted by atomic mass is 9.75. The Hall–Kier alpha value is -2.36. The fourth-order valence-electron chi connectivity index (χ4n) is 6.25. The molecule has 4 nitrogen and oxygen atoms in total. The number of hydrogen-bond acceptors (Lipinski definition) is 2. The van der Waals surface area contributed by atoms with Gasteiger partial charge in [-0.2, -0.15) is 0 Å². The molecule has 3 aliphatic rings. The van der Waals surface area contributed by atoms with E-state index in [1.54, 1.807) is 0 Å². The summed E-state index contributed by atoms with van der Waals surface area (Å²) in [5.74, 6) is 1.95. The molecule has 2 aliphatic heterocycles. The third-order valence-electron chi connectivity index (χ3n) is 8.05. The van der Waals surface area contributed by atoms with E-state index in [0.29, 0.717) is 18.8 Å². The van der Waals surface area contributed by atoms with Crippen LogP contribution in [0.4, 0.5) is 0 Å². The molecule has 31 heavy (non-hydrogen) atoms. The van der Waals surface area contributed by atoms with E-state index in [0.717, 1.165) is 38.3 Å². The number of amides is 2. The Bertz CT molecular complexity index is 971. The number of piperidine rings is 1. The zero-order valence-electron chi connectivity index (χ0n) is 18.4. The lowest BCUT2D eigenvalue weighted by molar-refractivity contribution is -0.135. The molecule has 2 aromatic rings. The first-order chi connectivity index (χ1) is 15.1. The maximum atomic E-state index is 13.1. The first-order valence-corrected chi connectivity index (χ1v) is 12.2. The molecule has 2 heterocycles. The minimum atomic E-state index is -0.293. The van der Waals surface area contributed by atoms with E-state index in [9.17, 15) is 9.59 Å². The van der Waals surface area contributed by atoms with Gasteiger partial charge >= 0.3 is 0 Å². The first kappa shape index (κ1) is 20.5. The van der Waals surface area contributed by atoms with Crippen LogP contribution in [0.25, 0.3) is 10.8 Å². The second kappa shape index (κ2) is 8.64. The average molecular weight is 419 g/mol. The minimum Gasteiger partial charge on any atom is -0.350 e. The van der Waals surface area contributed by atoms with Gasteiger partial charge in [-0.15, -0.1) is 0 Å². The van der Waals surface area contributed by atoms with Crippen LogP contribution in [0, 0.1) is 11.8 Å². The molecule has 0 spiro atoms. The molecule has 2 saturated heterocycles. The van der Waals surface area contributed by atoms with E-state index < -0.39 is 0 Å². The second-order valence-corrected chi connectivity index (χ2v) is 10.1. The maximum absolute atomic E-state index is 13.1. The van der Waals surface area contributed by atoms with Crippen LogP contribution in [0.1, 0.15) is 63.4 Å². The van der Waals surface area contributed by atoms with Crippen LogP contribution in [-0.4, -0.2) is 35.3 Å². The number of rotatable bonds is 5. The Labute approximate surface area is 185 Å².